The van der Waals surface area contributed by atoms with Gasteiger partial charge < -0.3 is 4.74 Å². The second-order valence-corrected chi connectivity index (χ2v) is 5.78. The van der Waals surface area contributed by atoms with Gasteiger partial charge in [0.1, 0.15) is 11.6 Å². The molecule has 1 aromatic heterocycles. The molecule has 0 unspecified atom stereocenters. The Kier molecular flexibility index (Phi) is 4.13. The Morgan fingerprint density at radius 1 is 1.30 bits per heavy atom. The van der Waals surface area contributed by atoms with Crippen molar-refractivity contribution >= 4 is 23.2 Å². The van der Waals surface area contributed by atoms with Gasteiger partial charge in [-0.05, 0) is 37.5 Å². The highest BCUT2D eigenvalue weighted by molar-refractivity contribution is 6.35. The molecule has 0 amide bonds. The van der Waals surface area contributed by atoms with Gasteiger partial charge in [-0.2, -0.15) is 5.10 Å². The van der Waals surface area contributed by atoms with E-state index in [4.69, 9.17) is 27.9 Å². The van der Waals surface area contributed by atoms with Crippen LogP contribution in [-0.4, -0.2) is 21.8 Å². The fourth-order valence-electron chi connectivity index (χ4n) is 1.96. The van der Waals surface area contributed by atoms with Gasteiger partial charge in [0.05, 0.1) is 11.6 Å². The molecule has 3 rings (SSSR count). The number of halogens is 2. The molecule has 6 heteroatoms. The second-order valence-electron chi connectivity index (χ2n) is 4.94. The number of aromatic amines is 1. The van der Waals surface area contributed by atoms with Gasteiger partial charge in [0, 0.05) is 17.4 Å². The Bertz CT molecular complexity index is 596. The minimum absolute atomic E-state index is 0.535. The van der Waals surface area contributed by atoms with Crippen LogP contribution in [0.5, 0.6) is 5.75 Å². The molecule has 4 nitrogen and oxygen atoms in total. The molecule has 1 aliphatic carbocycles. The van der Waals surface area contributed by atoms with Crippen molar-refractivity contribution in [2.75, 3.05) is 6.61 Å². The van der Waals surface area contributed by atoms with Crippen molar-refractivity contribution in [2.45, 2.75) is 31.6 Å². The van der Waals surface area contributed by atoms with Crippen LogP contribution in [0.4, 0.5) is 0 Å². The summed E-state index contributed by atoms with van der Waals surface area (Å²) < 4.78 is 5.63. The van der Waals surface area contributed by atoms with Gasteiger partial charge in [-0.25, -0.2) is 4.98 Å². The average molecular weight is 312 g/mol. The van der Waals surface area contributed by atoms with E-state index >= 15 is 0 Å². The van der Waals surface area contributed by atoms with Crippen LogP contribution in [0.15, 0.2) is 18.2 Å². The van der Waals surface area contributed by atoms with Crippen molar-refractivity contribution in [3.63, 3.8) is 0 Å². The van der Waals surface area contributed by atoms with Gasteiger partial charge >= 0.3 is 0 Å². The highest BCUT2D eigenvalue weighted by Gasteiger charge is 2.27. The molecule has 0 aliphatic heterocycles. The van der Waals surface area contributed by atoms with E-state index in [1.165, 1.54) is 12.8 Å². The molecule has 20 heavy (non-hydrogen) atoms. The zero-order valence-electron chi connectivity index (χ0n) is 10.9. The number of hydrogen-bond acceptors (Lipinski definition) is 3. The van der Waals surface area contributed by atoms with Crippen LogP contribution in [0.1, 0.15) is 36.8 Å². The first-order valence-corrected chi connectivity index (χ1v) is 7.47. The van der Waals surface area contributed by atoms with Crippen LogP contribution >= 0.6 is 23.2 Å². The smallest absolute Gasteiger partial charge is 0.153 e. The molecule has 1 N–H and O–H groups in total. The molecule has 1 aliphatic rings. The Balaban J connectivity index is 1.45. The molecular formula is C14H15Cl2N3O. The standard InChI is InChI=1S/C14H15Cl2N3O/c15-10-5-6-12(11(16)8-10)20-7-1-2-13-17-14(19-18-13)9-3-4-9/h5-6,8-9H,1-4,7H2,(H,17,18,19). The fourth-order valence-corrected chi connectivity index (χ4v) is 2.42. The van der Waals surface area contributed by atoms with Crippen LogP contribution in [0, 0.1) is 0 Å². The topological polar surface area (TPSA) is 50.8 Å². The third kappa shape index (κ3) is 3.44. The minimum atomic E-state index is 0.535. The normalized spacial score (nSPS) is 14.5. The van der Waals surface area contributed by atoms with Crippen molar-refractivity contribution in [3.05, 3.63) is 39.9 Å². The fraction of sp³-hybridized carbons (Fsp3) is 0.429. The summed E-state index contributed by atoms with van der Waals surface area (Å²) in [6, 6.07) is 5.22. The SMILES string of the molecule is Clc1ccc(OCCCc2nc(C3CC3)n[nH]2)c(Cl)c1. The predicted octanol–water partition coefficient (Wildman–Crippen LogP) is 4.00. The van der Waals surface area contributed by atoms with Crippen LogP contribution in [0.25, 0.3) is 0 Å². The van der Waals surface area contributed by atoms with Gasteiger partial charge in [-0.3, -0.25) is 5.10 Å². The van der Waals surface area contributed by atoms with Crippen molar-refractivity contribution < 1.29 is 4.74 Å². The van der Waals surface area contributed by atoms with E-state index in [0.717, 1.165) is 24.5 Å². The zero-order valence-corrected chi connectivity index (χ0v) is 12.4. The number of nitrogens with one attached hydrogen (secondary N) is 1. The lowest BCUT2D eigenvalue weighted by Crippen LogP contribution is -2.01. The monoisotopic (exact) mass is 311 g/mol. The molecule has 0 spiro atoms. The summed E-state index contributed by atoms with van der Waals surface area (Å²) in [5, 5.41) is 8.35. The van der Waals surface area contributed by atoms with E-state index in [9.17, 15) is 0 Å². The number of H-pyrrole nitrogens is 1. The van der Waals surface area contributed by atoms with Gasteiger partial charge in [-0.15, -0.1) is 0 Å². The molecule has 1 heterocycles. The van der Waals surface area contributed by atoms with Gasteiger partial charge in [-0.1, -0.05) is 23.2 Å². The maximum absolute atomic E-state index is 6.03. The number of aromatic nitrogens is 3. The highest BCUT2D eigenvalue weighted by atomic mass is 35.5. The largest absolute Gasteiger partial charge is 0.492 e. The number of ether oxygens (including phenoxy) is 1. The lowest BCUT2D eigenvalue weighted by Gasteiger charge is -2.07. The third-order valence-corrected chi connectivity index (χ3v) is 3.73. The third-order valence-electron chi connectivity index (χ3n) is 3.20. The van der Waals surface area contributed by atoms with Crippen LogP contribution in [-0.2, 0) is 6.42 Å². The van der Waals surface area contributed by atoms with Crippen LogP contribution in [0.2, 0.25) is 10.0 Å². The maximum Gasteiger partial charge on any atom is 0.153 e. The molecule has 1 fully saturated rings. The van der Waals surface area contributed by atoms with E-state index in [-0.39, 0.29) is 0 Å². The Morgan fingerprint density at radius 3 is 2.90 bits per heavy atom. The van der Waals surface area contributed by atoms with Gasteiger partial charge in [0.25, 0.3) is 0 Å². The molecule has 0 bridgehead atoms. The van der Waals surface area contributed by atoms with E-state index in [2.05, 4.69) is 15.2 Å². The molecular weight excluding hydrogens is 297 g/mol. The van der Waals surface area contributed by atoms with E-state index in [1.807, 2.05) is 0 Å². The number of benzene rings is 1. The summed E-state index contributed by atoms with van der Waals surface area (Å²) in [5.74, 6) is 3.13. The summed E-state index contributed by atoms with van der Waals surface area (Å²) in [4.78, 5) is 4.48. The lowest BCUT2D eigenvalue weighted by molar-refractivity contribution is 0.310. The average Bonchev–Trinajstić information content (AvgIpc) is 3.17. The molecule has 1 saturated carbocycles. The molecule has 106 valence electrons. The summed E-state index contributed by atoms with van der Waals surface area (Å²) in [6.45, 7) is 0.584. The lowest BCUT2D eigenvalue weighted by atomic mass is 10.3. The first-order chi connectivity index (χ1) is 9.72. The Hall–Kier alpha value is -1.26. The number of rotatable bonds is 6. The van der Waals surface area contributed by atoms with Crippen molar-refractivity contribution in [1.82, 2.24) is 15.2 Å². The molecule has 0 saturated heterocycles. The van der Waals surface area contributed by atoms with Gasteiger partial charge in [0.15, 0.2) is 5.82 Å². The molecule has 0 atom stereocenters. The number of nitrogens with zero attached hydrogens (tertiary/aromatic N) is 2. The van der Waals surface area contributed by atoms with Gasteiger partial charge in [0.2, 0.25) is 0 Å². The maximum atomic E-state index is 6.03. The summed E-state index contributed by atoms with van der Waals surface area (Å²) in [6.07, 6.45) is 4.12. The summed E-state index contributed by atoms with van der Waals surface area (Å²) in [5.41, 5.74) is 0. The van der Waals surface area contributed by atoms with Crippen LogP contribution in [0.3, 0.4) is 0 Å². The number of hydrogen-bond donors (Lipinski definition) is 1. The Morgan fingerprint density at radius 2 is 2.15 bits per heavy atom. The van der Waals surface area contributed by atoms with Crippen molar-refractivity contribution in [1.29, 1.82) is 0 Å². The predicted molar refractivity (Wildman–Crippen MR) is 78.6 cm³/mol. The first-order valence-electron chi connectivity index (χ1n) is 6.71. The zero-order chi connectivity index (χ0) is 13.9. The van der Waals surface area contributed by atoms with E-state index in [1.54, 1.807) is 18.2 Å². The van der Waals surface area contributed by atoms with Crippen LogP contribution < -0.4 is 4.74 Å². The summed E-state index contributed by atoms with van der Waals surface area (Å²) in [7, 11) is 0. The molecule has 2 aromatic rings. The molecule has 0 radical (unpaired) electrons. The van der Waals surface area contributed by atoms with E-state index in [0.29, 0.717) is 28.3 Å². The molecule has 1 aromatic carbocycles. The van der Waals surface area contributed by atoms with Crippen molar-refractivity contribution in [3.8, 4) is 5.75 Å². The first kappa shape index (κ1) is 13.7. The van der Waals surface area contributed by atoms with Crippen molar-refractivity contribution in [2.24, 2.45) is 0 Å². The van der Waals surface area contributed by atoms with E-state index < -0.39 is 0 Å². The quantitative estimate of drug-likeness (QED) is 0.820. The Labute approximate surface area is 127 Å². The second kappa shape index (κ2) is 6.02. The number of aryl methyl sites for hydroxylation is 1. The summed E-state index contributed by atoms with van der Waals surface area (Å²) >= 11 is 11.9. The highest BCUT2D eigenvalue weighted by Crippen LogP contribution is 2.37. The minimum Gasteiger partial charge on any atom is -0.492 e.